The molecule has 6 heteroatoms. The van der Waals surface area contributed by atoms with Crippen molar-refractivity contribution in [2.75, 3.05) is 25.5 Å². The van der Waals surface area contributed by atoms with Crippen LogP contribution in [0.15, 0.2) is 41.0 Å². The van der Waals surface area contributed by atoms with Crippen LogP contribution in [0.25, 0.3) is 0 Å². The highest BCUT2D eigenvalue weighted by Gasteiger charge is 2.17. The Hall–Kier alpha value is -2.60. The summed E-state index contributed by atoms with van der Waals surface area (Å²) in [5.41, 5.74) is 2.03. The Bertz CT molecular complexity index is 811. The molecule has 1 aromatic carbocycles. The lowest BCUT2D eigenvalue weighted by molar-refractivity contribution is 0.0948. The van der Waals surface area contributed by atoms with Gasteiger partial charge in [-0.25, -0.2) is 0 Å². The Morgan fingerprint density at radius 1 is 1.14 bits per heavy atom. The Kier molecular flexibility index (Phi) is 7.47. The average Bonchev–Trinajstić information content (AvgIpc) is 3.28. The summed E-state index contributed by atoms with van der Waals surface area (Å²) in [6.07, 6.45) is 8.98. The van der Waals surface area contributed by atoms with E-state index in [1.807, 2.05) is 13.0 Å². The summed E-state index contributed by atoms with van der Waals surface area (Å²) in [5, 5.41) is 5.80. The van der Waals surface area contributed by atoms with E-state index < -0.39 is 0 Å². The quantitative estimate of drug-likeness (QED) is 0.654. The molecule has 0 saturated heterocycles. The van der Waals surface area contributed by atoms with Crippen molar-refractivity contribution in [3.63, 3.8) is 0 Å². The lowest BCUT2D eigenvalue weighted by Gasteiger charge is -2.31. The van der Waals surface area contributed by atoms with E-state index in [2.05, 4.69) is 22.6 Å². The molecule has 1 aromatic heterocycles. The van der Waals surface area contributed by atoms with E-state index in [1.165, 1.54) is 38.4 Å². The number of aryl methyl sites for hydroxylation is 1. The Balaban J connectivity index is 1.48. The highest BCUT2D eigenvalue weighted by atomic mass is 16.3. The summed E-state index contributed by atoms with van der Waals surface area (Å²) < 4.78 is 5.12. The zero-order chi connectivity index (χ0) is 20.6. The van der Waals surface area contributed by atoms with E-state index in [1.54, 1.807) is 24.3 Å². The Morgan fingerprint density at radius 2 is 1.93 bits per heavy atom. The van der Waals surface area contributed by atoms with E-state index in [4.69, 9.17) is 4.42 Å². The van der Waals surface area contributed by atoms with Gasteiger partial charge in [0.05, 0.1) is 6.26 Å². The molecular formula is C23H31N3O3. The van der Waals surface area contributed by atoms with Crippen LogP contribution in [0.1, 0.15) is 65.0 Å². The topological polar surface area (TPSA) is 74.6 Å². The van der Waals surface area contributed by atoms with Crippen molar-refractivity contribution >= 4 is 17.5 Å². The molecule has 0 spiro atoms. The van der Waals surface area contributed by atoms with Gasteiger partial charge in [0.2, 0.25) is 0 Å². The SMILES string of the molecule is Cc1ccc(C(=O)NCCCN(C)C2CCCCC2)cc1NC(=O)c1ccco1. The summed E-state index contributed by atoms with van der Waals surface area (Å²) >= 11 is 0. The summed E-state index contributed by atoms with van der Waals surface area (Å²) in [6, 6.07) is 9.28. The minimum atomic E-state index is -0.332. The number of carbonyl (C=O) groups excluding carboxylic acids is 2. The van der Waals surface area contributed by atoms with Gasteiger partial charge in [-0.05, 0) is 69.6 Å². The van der Waals surface area contributed by atoms with Gasteiger partial charge in [0, 0.05) is 23.8 Å². The number of rotatable bonds is 8. The fraction of sp³-hybridized carbons (Fsp3) is 0.478. The van der Waals surface area contributed by atoms with Crippen LogP contribution >= 0.6 is 0 Å². The molecular weight excluding hydrogens is 366 g/mol. The molecule has 2 N–H and O–H groups in total. The first-order valence-electron chi connectivity index (χ1n) is 10.5. The van der Waals surface area contributed by atoms with E-state index in [9.17, 15) is 9.59 Å². The van der Waals surface area contributed by atoms with E-state index in [0.29, 0.717) is 23.8 Å². The molecule has 0 unspecified atom stereocenters. The largest absolute Gasteiger partial charge is 0.459 e. The molecule has 0 radical (unpaired) electrons. The van der Waals surface area contributed by atoms with Gasteiger partial charge in [0.15, 0.2) is 5.76 Å². The smallest absolute Gasteiger partial charge is 0.291 e. The zero-order valence-corrected chi connectivity index (χ0v) is 17.4. The van der Waals surface area contributed by atoms with Crippen LogP contribution in [-0.2, 0) is 0 Å². The lowest BCUT2D eigenvalue weighted by Crippen LogP contribution is -2.35. The third kappa shape index (κ3) is 5.94. The van der Waals surface area contributed by atoms with Gasteiger partial charge in [-0.1, -0.05) is 25.3 Å². The summed E-state index contributed by atoms with van der Waals surface area (Å²) in [5.74, 6) is -0.221. The number of nitrogens with zero attached hydrogens (tertiary/aromatic N) is 1. The lowest BCUT2D eigenvalue weighted by atomic mass is 9.94. The number of benzene rings is 1. The number of hydrogen-bond donors (Lipinski definition) is 2. The van der Waals surface area contributed by atoms with Crippen LogP contribution in [0, 0.1) is 6.92 Å². The molecule has 3 rings (SSSR count). The van der Waals surface area contributed by atoms with Gasteiger partial charge >= 0.3 is 0 Å². The van der Waals surface area contributed by atoms with Crippen molar-refractivity contribution < 1.29 is 14.0 Å². The maximum absolute atomic E-state index is 12.5. The van der Waals surface area contributed by atoms with E-state index in [-0.39, 0.29) is 17.6 Å². The maximum atomic E-state index is 12.5. The molecule has 1 heterocycles. The molecule has 1 fully saturated rings. The van der Waals surface area contributed by atoms with Crippen LogP contribution in [0.4, 0.5) is 5.69 Å². The second-order valence-corrected chi connectivity index (χ2v) is 7.84. The molecule has 0 aliphatic heterocycles. The minimum absolute atomic E-state index is 0.126. The molecule has 1 saturated carbocycles. The normalized spacial score (nSPS) is 14.7. The predicted molar refractivity (Wildman–Crippen MR) is 114 cm³/mol. The molecule has 2 amide bonds. The van der Waals surface area contributed by atoms with E-state index >= 15 is 0 Å². The van der Waals surface area contributed by atoms with Gasteiger partial charge in [-0.15, -0.1) is 0 Å². The van der Waals surface area contributed by atoms with Crippen molar-refractivity contribution in [1.82, 2.24) is 10.2 Å². The summed E-state index contributed by atoms with van der Waals surface area (Å²) in [6.45, 7) is 3.52. The minimum Gasteiger partial charge on any atom is -0.459 e. The van der Waals surface area contributed by atoms with Gasteiger partial charge in [0.25, 0.3) is 11.8 Å². The number of amides is 2. The number of furan rings is 1. The molecule has 0 bridgehead atoms. The molecule has 0 atom stereocenters. The molecule has 156 valence electrons. The molecule has 29 heavy (non-hydrogen) atoms. The number of hydrogen-bond acceptors (Lipinski definition) is 4. The van der Waals surface area contributed by atoms with Crippen molar-refractivity contribution in [3.05, 3.63) is 53.5 Å². The summed E-state index contributed by atoms with van der Waals surface area (Å²) in [4.78, 5) is 27.1. The zero-order valence-electron chi connectivity index (χ0n) is 17.4. The van der Waals surface area contributed by atoms with Crippen LogP contribution < -0.4 is 10.6 Å². The van der Waals surface area contributed by atoms with E-state index in [0.717, 1.165) is 18.5 Å². The highest BCUT2D eigenvalue weighted by molar-refractivity contribution is 6.03. The van der Waals surface area contributed by atoms with Crippen LogP contribution in [0.2, 0.25) is 0 Å². The standard InChI is InChI=1S/C23H31N3O3/c1-17-11-12-18(16-20(17)25-23(28)21-10-6-15-29-21)22(27)24-13-7-14-26(2)19-8-4-3-5-9-19/h6,10-12,15-16,19H,3-5,7-9,13-14H2,1-2H3,(H,24,27)(H,25,28). The first kappa shape index (κ1) is 21.1. The van der Waals surface area contributed by atoms with Crippen LogP contribution in [0.3, 0.4) is 0 Å². The fourth-order valence-electron chi connectivity index (χ4n) is 3.83. The fourth-order valence-corrected chi connectivity index (χ4v) is 3.83. The number of anilines is 1. The third-order valence-corrected chi connectivity index (χ3v) is 5.66. The molecule has 2 aromatic rings. The van der Waals surface area contributed by atoms with Crippen molar-refractivity contribution in [3.8, 4) is 0 Å². The van der Waals surface area contributed by atoms with Crippen molar-refractivity contribution in [2.24, 2.45) is 0 Å². The molecule has 1 aliphatic carbocycles. The van der Waals surface area contributed by atoms with Gasteiger partial charge in [-0.2, -0.15) is 0 Å². The summed E-state index contributed by atoms with van der Waals surface area (Å²) in [7, 11) is 2.19. The monoisotopic (exact) mass is 397 g/mol. The molecule has 1 aliphatic rings. The van der Waals surface area contributed by atoms with Crippen LogP contribution in [-0.4, -0.2) is 42.9 Å². The van der Waals surface area contributed by atoms with Crippen molar-refractivity contribution in [1.29, 1.82) is 0 Å². The maximum Gasteiger partial charge on any atom is 0.291 e. The van der Waals surface area contributed by atoms with Gasteiger partial charge in [0.1, 0.15) is 0 Å². The van der Waals surface area contributed by atoms with Gasteiger partial charge < -0.3 is 20.0 Å². The first-order valence-corrected chi connectivity index (χ1v) is 10.5. The Labute approximate surface area is 172 Å². The number of carbonyl (C=O) groups is 2. The third-order valence-electron chi connectivity index (χ3n) is 5.66. The molecule has 6 nitrogen and oxygen atoms in total. The van der Waals surface area contributed by atoms with Gasteiger partial charge in [-0.3, -0.25) is 9.59 Å². The van der Waals surface area contributed by atoms with Crippen molar-refractivity contribution in [2.45, 2.75) is 51.5 Å². The first-order chi connectivity index (χ1) is 14.0. The predicted octanol–water partition coefficient (Wildman–Crippen LogP) is 4.22. The average molecular weight is 398 g/mol. The number of nitrogens with one attached hydrogen (secondary N) is 2. The Morgan fingerprint density at radius 3 is 2.66 bits per heavy atom. The second kappa shape index (κ2) is 10.3. The highest BCUT2D eigenvalue weighted by Crippen LogP contribution is 2.21. The van der Waals surface area contributed by atoms with Crippen LogP contribution in [0.5, 0.6) is 0 Å². The second-order valence-electron chi connectivity index (χ2n) is 7.84.